The molecule has 0 saturated carbocycles. The van der Waals surface area contributed by atoms with Crippen LogP contribution in [-0.4, -0.2) is 137 Å². The van der Waals surface area contributed by atoms with Gasteiger partial charge in [0.05, 0.1) is 79.4 Å². The number of piperazine rings is 1. The SMILES string of the molecule is C=C1CCC(N2C(=O)c3cccc(NCC(=O)NCCOCCOCCN4CCN(c5ccc(Nc6cc(Nc7ccccc7C(=O)NC)c(C(F)(F)F)cn6)c(OC)c5)CC4)c3C2=O)C(=O)N1. The zero-order chi connectivity index (χ0) is 48.4. The van der Waals surface area contributed by atoms with Gasteiger partial charge in [-0.3, -0.25) is 33.8 Å². The van der Waals surface area contributed by atoms with Crippen molar-refractivity contribution in [1.82, 2.24) is 30.7 Å². The third-order valence-corrected chi connectivity index (χ3v) is 11.6. The fourth-order valence-corrected chi connectivity index (χ4v) is 8.03. The number of amides is 5. The number of allylic oxidation sites excluding steroid dienone is 1. The molecule has 3 aliphatic rings. The predicted molar refractivity (Wildman–Crippen MR) is 248 cm³/mol. The number of hydrogen-bond acceptors (Lipinski definition) is 14. The largest absolute Gasteiger partial charge is 0.494 e. The first-order valence-corrected chi connectivity index (χ1v) is 22.0. The Hall–Kier alpha value is -7.23. The summed E-state index contributed by atoms with van der Waals surface area (Å²) in [5.74, 6) is -1.79. The molecule has 5 amide bonds. The Morgan fingerprint density at radius 2 is 1.62 bits per heavy atom. The van der Waals surface area contributed by atoms with Crippen molar-refractivity contribution < 1.29 is 51.4 Å². The number of pyridine rings is 1. The number of ether oxygens (including phenoxy) is 3. The maximum absolute atomic E-state index is 14.0. The van der Waals surface area contributed by atoms with E-state index in [1.807, 2.05) is 12.1 Å². The van der Waals surface area contributed by atoms with E-state index in [2.05, 4.69) is 53.3 Å². The van der Waals surface area contributed by atoms with Crippen LogP contribution in [0.15, 0.2) is 85.2 Å². The van der Waals surface area contributed by atoms with Gasteiger partial charge in [0.25, 0.3) is 17.7 Å². The van der Waals surface area contributed by atoms with Crippen molar-refractivity contribution in [3.8, 4) is 5.75 Å². The summed E-state index contributed by atoms with van der Waals surface area (Å²) in [6, 6.07) is 16.9. The fourth-order valence-electron chi connectivity index (χ4n) is 8.03. The van der Waals surface area contributed by atoms with Crippen LogP contribution in [0.1, 0.15) is 49.5 Å². The van der Waals surface area contributed by atoms with Crippen molar-refractivity contribution in [3.63, 3.8) is 0 Å². The average Bonchev–Trinajstić information content (AvgIpc) is 3.58. The third kappa shape index (κ3) is 11.6. The van der Waals surface area contributed by atoms with Gasteiger partial charge in [0.2, 0.25) is 11.8 Å². The van der Waals surface area contributed by atoms with Gasteiger partial charge in [0, 0.05) is 81.7 Å². The number of anilines is 6. The van der Waals surface area contributed by atoms with Gasteiger partial charge in [-0.1, -0.05) is 24.8 Å². The lowest BCUT2D eigenvalue weighted by molar-refractivity contribution is -0.137. The summed E-state index contributed by atoms with van der Waals surface area (Å²) in [4.78, 5) is 73.5. The lowest BCUT2D eigenvalue weighted by atomic mass is 10.0. The molecule has 0 bridgehead atoms. The molecular weight excluding hydrogens is 890 g/mol. The number of hydrogen-bond donors (Lipinski definition) is 6. The second-order valence-electron chi connectivity index (χ2n) is 16.0. The minimum Gasteiger partial charge on any atom is -0.494 e. The number of alkyl halides is 3. The molecule has 3 aliphatic heterocycles. The quantitative estimate of drug-likeness (QED) is 0.0524. The molecule has 68 heavy (non-hydrogen) atoms. The molecule has 0 radical (unpaired) electrons. The number of halogens is 3. The molecule has 3 aromatic carbocycles. The molecule has 2 saturated heterocycles. The Morgan fingerprint density at radius 3 is 2.35 bits per heavy atom. The van der Waals surface area contributed by atoms with E-state index < -0.39 is 41.4 Å². The molecular formula is C47H53F3N10O8. The van der Waals surface area contributed by atoms with Crippen LogP contribution in [-0.2, 0) is 25.2 Å². The molecule has 18 nitrogen and oxygen atoms in total. The Kier molecular flexibility index (Phi) is 15.8. The third-order valence-electron chi connectivity index (χ3n) is 11.6. The smallest absolute Gasteiger partial charge is 0.419 e. The minimum atomic E-state index is -4.71. The van der Waals surface area contributed by atoms with Gasteiger partial charge in [0.1, 0.15) is 17.6 Å². The van der Waals surface area contributed by atoms with E-state index in [0.29, 0.717) is 49.1 Å². The summed E-state index contributed by atoms with van der Waals surface area (Å²) < 4.78 is 59.2. The lowest BCUT2D eigenvalue weighted by Crippen LogP contribution is -2.51. The number of para-hydroxylation sites is 1. The number of fused-ring (bicyclic) bond motifs is 1. The lowest BCUT2D eigenvalue weighted by Gasteiger charge is -2.36. The predicted octanol–water partition coefficient (Wildman–Crippen LogP) is 4.73. The van der Waals surface area contributed by atoms with Crippen molar-refractivity contribution in [2.45, 2.75) is 25.1 Å². The molecule has 6 N–H and O–H groups in total. The first-order valence-electron chi connectivity index (χ1n) is 22.0. The monoisotopic (exact) mass is 942 g/mol. The molecule has 1 aromatic heterocycles. The molecule has 0 aliphatic carbocycles. The van der Waals surface area contributed by atoms with E-state index in [0.717, 1.165) is 49.5 Å². The number of rotatable bonds is 20. The Morgan fingerprint density at radius 1 is 0.868 bits per heavy atom. The van der Waals surface area contributed by atoms with Gasteiger partial charge in [-0.15, -0.1) is 0 Å². The summed E-state index contributed by atoms with van der Waals surface area (Å²) in [6.45, 7) is 9.14. The number of benzene rings is 3. The number of nitrogens with zero attached hydrogens (tertiary/aromatic N) is 4. The average molecular weight is 943 g/mol. The Bertz CT molecular complexity index is 2530. The standard InChI is InChI=1S/C47H53F3N10O8/c1-29-11-14-38(44(63)55-29)60-45(64)32-8-6-10-36(42(32)46(60)65)53-28-41(61)52-15-21-67-23-24-68-22-20-58-16-18-59(19-17-58)30-12-13-35(39(25-30)66-3)57-40-26-37(33(27-54-40)47(48,49)50)56-34-9-5-4-7-31(34)43(62)51-2/h4-10,12-13,25-27,38,53H,1,11,14-24,28H2,2-3H3,(H,51,62)(H,52,61)(H,55,63)(H2,54,56,57). The van der Waals surface area contributed by atoms with Gasteiger partial charge in [-0.05, 0) is 49.2 Å². The van der Waals surface area contributed by atoms with E-state index in [-0.39, 0.29) is 65.9 Å². The topological polar surface area (TPSA) is 208 Å². The van der Waals surface area contributed by atoms with Gasteiger partial charge in [-0.2, -0.15) is 13.2 Å². The highest BCUT2D eigenvalue weighted by Crippen LogP contribution is 2.39. The molecule has 1 atom stereocenters. The van der Waals surface area contributed by atoms with Crippen LogP contribution in [0.2, 0.25) is 0 Å². The van der Waals surface area contributed by atoms with Gasteiger partial charge < -0.3 is 51.0 Å². The highest BCUT2D eigenvalue weighted by molar-refractivity contribution is 6.25. The van der Waals surface area contributed by atoms with E-state index in [4.69, 9.17) is 14.2 Å². The zero-order valence-corrected chi connectivity index (χ0v) is 37.6. The normalized spacial score (nSPS) is 16.3. The minimum absolute atomic E-state index is 0.128. The van der Waals surface area contributed by atoms with Crippen molar-refractivity contribution in [1.29, 1.82) is 0 Å². The molecule has 4 heterocycles. The van der Waals surface area contributed by atoms with Gasteiger partial charge >= 0.3 is 6.18 Å². The number of piperidine rings is 1. The number of methoxy groups -OCH3 is 1. The van der Waals surface area contributed by atoms with Crippen LogP contribution in [0, 0.1) is 0 Å². The fraction of sp³-hybridized carbons (Fsp3) is 0.362. The van der Waals surface area contributed by atoms with Crippen LogP contribution in [0.25, 0.3) is 0 Å². The van der Waals surface area contributed by atoms with E-state index in [9.17, 15) is 37.1 Å². The van der Waals surface area contributed by atoms with Crippen molar-refractivity contribution >= 4 is 63.8 Å². The number of carbonyl (C=O) groups is 5. The number of aromatic nitrogens is 1. The highest BCUT2D eigenvalue weighted by atomic mass is 19.4. The van der Waals surface area contributed by atoms with Crippen LogP contribution >= 0.6 is 0 Å². The van der Waals surface area contributed by atoms with Crippen LogP contribution in [0.5, 0.6) is 5.75 Å². The first-order chi connectivity index (χ1) is 32.7. The summed E-state index contributed by atoms with van der Waals surface area (Å²) in [6.07, 6.45) is -3.23. The first kappa shape index (κ1) is 48.7. The summed E-state index contributed by atoms with van der Waals surface area (Å²) in [5, 5.41) is 16.7. The van der Waals surface area contributed by atoms with Gasteiger partial charge in [-0.25, -0.2) is 4.98 Å². The molecule has 4 aromatic rings. The Labute approximate surface area is 390 Å². The molecule has 2 fully saturated rings. The molecule has 0 spiro atoms. The van der Waals surface area contributed by atoms with Crippen LogP contribution < -0.4 is 41.5 Å². The van der Waals surface area contributed by atoms with E-state index >= 15 is 0 Å². The molecule has 1 unspecified atom stereocenters. The zero-order valence-electron chi connectivity index (χ0n) is 37.6. The summed E-state index contributed by atoms with van der Waals surface area (Å²) >= 11 is 0. The van der Waals surface area contributed by atoms with E-state index in [1.54, 1.807) is 30.3 Å². The maximum Gasteiger partial charge on any atom is 0.419 e. The highest BCUT2D eigenvalue weighted by Gasteiger charge is 2.45. The summed E-state index contributed by atoms with van der Waals surface area (Å²) in [5.41, 5.74) is 1.67. The number of carbonyl (C=O) groups excluding carboxylic acids is 5. The van der Waals surface area contributed by atoms with Crippen LogP contribution in [0.4, 0.5) is 47.4 Å². The van der Waals surface area contributed by atoms with Crippen LogP contribution in [0.3, 0.4) is 0 Å². The molecule has 360 valence electrons. The second-order valence-corrected chi connectivity index (χ2v) is 16.0. The van der Waals surface area contributed by atoms with Gasteiger partial charge in [0.15, 0.2) is 0 Å². The van der Waals surface area contributed by atoms with Crippen molar-refractivity contribution in [2.24, 2.45) is 0 Å². The van der Waals surface area contributed by atoms with Crippen molar-refractivity contribution in [3.05, 3.63) is 107 Å². The maximum atomic E-state index is 14.0. The number of nitrogens with one attached hydrogen (secondary N) is 6. The summed E-state index contributed by atoms with van der Waals surface area (Å²) in [7, 11) is 2.95. The molecule has 7 rings (SSSR count). The Balaban J connectivity index is 0.787. The van der Waals surface area contributed by atoms with Crippen molar-refractivity contribution in [2.75, 3.05) is 107 Å². The second kappa shape index (κ2) is 22.0. The molecule has 21 heteroatoms. The van der Waals surface area contributed by atoms with E-state index in [1.165, 1.54) is 38.4 Å². The number of imide groups is 1.